The van der Waals surface area contributed by atoms with Gasteiger partial charge in [-0.25, -0.2) is 4.98 Å². The van der Waals surface area contributed by atoms with Crippen LogP contribution in [0.2, 0.25) is 0 Å². The first-order valence-corrected chi connectivity index (χ1v) is 17.0. The van der Waals surface area contributed by atoms with E-state index in [2.05, 4.69) is 63.3 Å². The quantitative estimate of drug-likeness (QED) is 0.0954. The van der Waals surface area contributed by atoms with Gasteiger partial charge >= 0.3 is 0 Å². The number of hydrogen-bond donors (Lipinski definition) is 0. The van der Waals surface area contributed by atoms with Gasteiger partial charge in [0.1, 0.15) is 11.4 Å². The molecular weight excluding hydrogens is 639 g/mol. The molecule has 1 aromatic heterocycles. The van der Waals surface area contributed by atoms with E-state index in [-0.39, 0.29) is 23.0 Å². The summed E-state index contributed by atoms with van der Waals surface area (Å²) in [4.78, 5) is 35.0. The summed E-state index contributed by atoms with van der Waals surface area (Å²) >= 11 is 0. The molecule has 5 nitrogen and oxygen atoms in total. The fourth-order valence-electron chi connectivity index (χ4n) is 5.90. The zero-order valence-electron chi connectivity index (χ0n) is 28.4. The summed E-state index contributed by atoms with van der Waals surface area (Å²) in [6.07, 6.45) is 6.50. The molecule has 250 valence electrons. The fraction of sp³-hybridized carbons (Fsp3) is 0. The van der Waals surface area contributed by atoms with Crippen LogP contribution < -0.4 is 9.80 Å². The Bertz CT molecular complexity index is 2060. The molecule has 0 spiro atoms. The van der Waals surface area contributed by atoms with Crippen LogP contribution in [-0.4, -0.2) is 16.6 Å². The van der Waals surface area contributed by atoms with E-state index in [4.69, 9.17) is 0 Å². The maximum absolute atomic E-state index is 13.1. The summed E-state index contributed by atoms with van der Waals surface area (Å²) in [7, 11) is 0. The highest BCUT2D eigenvalue weighted by Gasteiger charge is 2.14. The van der Waals surface area contributed by atoms with Crippen LogP contribution in [0.25, 0.3) is 12.2 Å². The van der Waals surface area contributed by atoms with Crippen LogP contribution in [0.4, 0.5) is 34.1 Å². The summed E-state index contributed by atoms with van der Waals surface area (Å²) in [5.41, 5.74) is 8.35. The van der Waals surface area contributed by atoms with Crippen molar-refractivity contribution in [3.05, 3.63) is 223 Å². The SMILES string of the molecule is O=C(C=Cc1ccc(N(c2ccccc2)c2ccccc2)cc1)c1cccc(C(=O)C=Cc2ccc(N(c3ccccc3)c3ccccc3)cc2)n1. The van der Waals surface area contributed by atoms with Crippen molar-refractivity contribution in [2.75, 3.05) is 9.80 Å². The molecule has 7 rings (SSSR count). The van der Waals surface area contributed by atoms with Crippen LogP contribution in [0.1, 0.15) is 32.1 Å². The minimum absolute atomic E-state index is 0.206. The van der Waals surface area contributed by atoms with Crippen molar-refractivity contribution in [3.8, 4) is 0 Å². The van der Waals surface area contributed by atoms with E-state index in [1.54, 1.807) is 30.4 Å². The molecule has 0 saturated carbocycles. The third-order valence-corrected chi connectivity index (χ3v) is 8.47. The Hall–Kier alpha value is -7.11. The van der Waals surface area contributed by atoms with E-state index in [9.17, 15) is 9.59 Å². The van der Waals surface area contributed by atoms with Crippen molar-refractivity contribution in [2.45, 2.75) is 0 Å². The van der Waals surface area contributed by atoms with Crippen molar-refractivity contribution in [3.63, 3.8) is 0 Å². The number of benzene rings is 6. The van der Waals surface area contributed by atoms with Crippen LogP contribution >= 0.6 is 0 Å². The Morgan fingerprint density at radius 3 is 0.942 bits per heavy atom. The molecule has 1 heterocycles. The molecule has 0 saturated heterocycles. The van der Waals surface area contributed by atoms with Gasteiger partial charge in [-0.05, 0) is 108 Å². The number of rotatable bonds is 12. The third kappa shape index (κ3) is 8.02. The van der Waals surface area contributed by atoms with Gasteiger partial charge in [0, 0.05) is 34.1 Å². The molecule has 0 unspecified atom stereocenters. The smallest absolute Gasteiger partial charge is 0.204 e. The lowest BCUT2D eigenvalue weighted by Crippen LogP contribution is -2.09. The Balaban J connectivity index is 1.02. The largest absolute Gasteiger partial charge is 0.311 e. The topological polar surface area (TPSA) is 53.5 Å². The maximum atomic E-state index is 13.1. The van der Waals surface area contributed by atoms with E-state index in [0.717, 1.165) is 45.3 Å². The van der Waals surface area contributed by atoms with Crippen LogP contribution in [-0.2, 0) is 0 Å². The normalized spacial score (nSPS) is 11.1. The second-order valence-corrected chi connectivity index (χ2v) is 12.0. The fourth-order valence-corrected chi connectivity index (χ4v) is 5.90. The lowest BCUT2D eigenvalue weighted by molar-refractivity contribution is 0.104. The minimum atomic E-state index is -0.283. The molecule has 0 atom stereocenters. The van der Waals surface area contributed by atoms with Gasteiger partial charge in [-0.1, -0.05) is 115 Å². The molecule has 52 heavy (non-hydrogen) atoms. The number of carbonyl (C=O) groups is 2. The molecule has 0 aliphatic heterocycles. The number of anilines is 6. The Morgan fingerprint density at radius 2 is 0.635 bits per heavy atom. The van der Waals surface area contributed by atoms with Gasteiger partial charge in [0.15, 0.2) is 0 Å². The van der Waals surface area contributed by atoms with E-state index in [1.807, 2.05) is 121 Å². The van der Waals surface area contributed by atoms with Crippen LogP contribution in [0, 0.1) is 0 Å². The molecule has 0 aliphatic rings. The number of allylic oxidation sites excluding steroid dienone is 2. The van der Waals surface area contributed by atoms with Gasteiger partial charge in [0.2, 0.25) is 11.6 Å². The number of aromatic nitrogens is 1. The van der Waals surface area contributed by atoms with E-state index >= 15 is 0 Å². The van der Waals surface area contributed by atoms with E-state index < -0.39 is 0 Å². The van der Waals surface area contributed by atoms with Gasteiger partial charge in [-0.2, -0.15) is 0 Å². The standard InChI is InChI=1S/C47H35N3O2/c51-46(34-28-36-24-30-42(31-25-36)49(38-14-5-1-6-15-38)39-16-7-2-8-17-39)44-22-13-23-45(48-44)47(52)35-29-37-26-32-43(33-27-37)50(40-18-9-3-10-19-40)41-20-11-4-12-21-41/h1-35H. The summed E-state index contributed by atoms with van der Waals surface area (Å²) < 4.78 is 0. The predicted molar refractivity (Wildman–Crippen MR) is 213 cm³/mol. The zero-order valence-corrected chi connectivity index (χ0v) is 28.4. The maximum Gasteiger partial charge on any atom is 0.204 e. The molecular formula is C47H35N3O2. The van der Waals surface area contributed by atoms with Crippen LogP contribution in [0.3, 0.4) is 0 Å². The number of carbonyl (C=O) groups excluding carboxylic acids is 2. The number of pyridine rings is 1. The highest BCUT2D eigenvalue weighted by atomic mass is 16.1. The number of ketones is 2. The molecule has 0 bridgehead atoms. The van der Waals surface area contributed by atoms with Crippen LogP contribution in [0.15, 0.2) is 200 Å². The molecule has 5 heteroatoms. The first kappa shape index (κ1) is 33.4. The lowest BCUT2D eigenvalue weighted by Gasteiger charge is -2.25. The first-order valence-electron chi connectivity index (χ1n) is 17.0. The Morgan fingerprint density at radius 1 is 0.346 bits per heavy atom. The molecule has 0 fully saturated rings. The van der Waals surface area contributed by atoms with Gasteiger partial charge in [0.05, 0.1) is 0 Å². The van der Waals surface area contributed by atoms with Crippen molar-refractivity contribution in [1.29, 1.82) is 0 Å². The molecule has 0 aliphatic carbocycles. The average Bonchev–Trinajstić information content (AvgIpc) is 3.22. The summed E-state index contributed by atoms with van der Waals surface area (Å²) in [6, 6.07) is 61.7. The molecule has 0 radical (unpaired) electrons. The van der Waals surface area contributed by atoms with Gasteiger partial charge in [-0.15, -0.1) is 0 Å². The summed E-state index contributed by atoms with van der Waals surface area (Å²) in [6.45, 7) is 0. The van der Waals surface area contributed by atoms with E-state index in [0.29, 0.717) is 0 Å². The molecule has 0 amide bonds. The second-order valence-electron chi connectivity index (χ2n) is 12.0. The van der Waals surface area contributed by atoms with Crippen molar-refractivity contribution in [2.24, 2.45) is 0 Å². The predicted octanol–water partition coefficient (Wildman–Crippen LogP) is 11.8. The van der Waals surface area contributed by atoms with Gasteiger partial charge < -0.3 is 9.80 Å². The zero-order chi connectivity index (χ0) is 35.5. The molecule has 7 aromatic rings. The van der Waals surface area contributed by atoms with E-state index in [1.165, 1.54) is 12.2 Å². The summed E-state index contributed by atoms with van der Waals surface area (Å²) in [5.74, 6) is -0.565. The number of nitrogens with zero attached hydrogens (tertiary/aromatic N) is 3. The van der Waals surface area contributed by atoms with Crippen molar-refractivity contribution < 1.29 is 9.59 Å². The van der Waals surface area contributed by atoms with Gasteiger partial charge in [0.25, 0.3) is 0 Å². The number of para-hydroxylation sites is 4. The number of hydrogen-bond acceptors (Lipinski definition) is 5. The van der Waals surface area contributed by atoms with Gasteiger partial charge in [-0.3, -0.25) is 9.59 Å². The third-order valence-electron chi connectivity index (χ3n) is 8.47. The Kier molecular flexibility index (Phi) is 10.3. The molecule has 6 aromatic carbocycles. The molecule has 0 N–H and O–H groups in total. The van der Waals surface area contributed by atoms with Crippen molar-refractivity contribution in [1.82, 2.24) is 4.98 Å². The highest BCUT2D eigenvalue weighted by molar-refractivity contribution is 6.08. The van der Waals surface area contributed by atoms with Crippen LogP contribution in [0.5, 0.6) is 0 Å². The monoisotopic (exact) mass is 673 g/mol. The minimum Gasteiger partial charge on any atom is -0.311 e. The summed E-state index contributed by atoms with van der Waals surface area (Å²) in [5, 5.41) is 0. The first-order chi connectivity index (χ1) is 25.6. The highest BCUT2D eigenvalue weighted by Crippen LogP contribution is 2.35. The average molecular weight is 674 g/mol. The second kappa shape index (κ2) is 16.1. The van der Waals surface area contributed by atoms with Crippen molar-refractivity contribution >= 4 is 57.8 Å². The Labute approximate surface area is 304 Å². The lowest BCUT2D eigenvalue weighted by atomic mass is 10.1.